The molecule has 0 aromatic heterocycles. The van der Waals surface area contributed by atoms with Crippen LogP contribution in [0.25, 0.3) is 0 Å². The Labute approximate surface area is 157 Å². The van der Waals surface area contributed by atoms with Crippen LogP contribution in [-0.2, 0) is 9.53 Å². The van der Waals surface area contributed by atoms with E-state index in [1.165, 1.54) is 7.11 Å². The van der Waals surface area contributed by atoms with E-state index in [1.807, 2.05) is 13.8 Å². The van der Waals surface area contributed by atoms with Gasteiger partial charge < -0.3 is 19.5 Å². The largest absolute Gasteiger partial charge is 0.495 e. The molecule has 0 unspecified atom stereocenters. The van der Waals surface area contributed by atoms with Gasteiger partial charge in [0.25, 0.3) is 5.91 Å². The van der Waals surface area contributed by atoms with Crippen LogP contribution in [0.1, 0.15) is 24.2 Å². The first kappa shape index (κ1) is 19.6. The molecule has 0 fully saturated rings. The van der Waals surface area contributed by atoms with Crippen molar-refractivity contribution in [1.29, 1.82) is 0 Å². The predicted molar refractivity (Wildman–Crippen MR) is 99.1 cm³/mol. The molecule has 2 aromatic carbocycles. The summed E-state index contributed by atoms with van der Waals surface area (Å²) in [4.78, 5) is 23.9. The van der Waals surface area contributed by atoms with Crippen molar-refractivity contribution in [1.82, 2.24) is 0 Å². The number of amides is 1. The number of carbonyl (C=O) groups is 2. The van der Waals surface area contributed by atoms with Gasteiger partial charge in [-0.25, -0.2) is 4.79 Å². The molecule has 0 atom stereocenters. The Bertz CT molecular complexity index is 774. The Kier molecular flexibility index (Phi) is 6.86. The van der Waals surface area contributed by atoms with Gasteiger partial charge in [0, 0.05) is 5.69 Å². The van der Waals surface area contributed by atoms with Gasteiger partial charge in [-0.05, 0) is 56.3 Å². The fourth-order valence-electron chi connectivity index (χ4n) is 2.10. The van der Waals surface area contributed by atoms with E-state index in [-0.39, 0.29) is 6.10 Å². The molecule has 0 saturated heterocycles. The van der Waals surface area contributed by atoms with Crippen molar-refractivity contribution in [3.63, 3.8) is 0 Å². The Morgan fingerprint density at radius 1 is 1.12 bits per heavy atom. The monoisotopic (exact) mass is 377 g/mol. The molecule has 0 aliphatic carbocycles. The summed E-state index contributed by atoms with van der Waals surface area (Å²) in [6, 6.07) is 11.3. The number of methoxy groups -OCH3 is 1. The van der Waals surface area contributed by atoms with Crippen LogP contribution in [0.15, 0.2) is 42.5 Å². The quantitative estimate of drug-likeness (QED) is 0.740. The Morgan fingerprint density at radius 2 is 1.81 bits per heavy atom. The molecule has 26 heavy (non-hydrogen) atoms. The lowest BCUT2D eigenvalue weighted by Crippen LogP contribution is -2.21. The number of nitrogens with one attached hydrogen (secondary N) is 1. The third kappa shape index (κ3) is 5.67. The van der Waals surface area contributed by atoms with Gasteiger partial charge in [0.05, 0.1) is 23.8 Å². The topological polar surface area (TPSA) is 73.9 Å². The Balaban J connectivity index is 1.86. The van der Waals surface area contributed by atoms with E-state index < -0.39 is 18.5 Å². The third-order valence-electron chi connectivity index (χ3n) is 3.23. The summed E-state index contributed by atoms with van der Waals surface area (Å²) in [5.41, 5.74) is 0.813. The van der Waals surface area contributed by atoms with E-state index in [9.17, 15) is 9.59 Å². The molecule has 0 spiro atoms. The number of rotatable bonds is 7. The maximum Gasteiger partial charge on any atom is 0.338 e. The number of benzene rings is 2. The Morgan fingerprint density at radius 3 is 2.38 bits per heavy atom. The van der Waals surface area contributed by atoms with Crippen LogP contribution in [0, 0.1) is 0 Å². The van der Waals surface area contributed by atoms with Gasteiger partial charge in [-0.1, -0.05) is 11.6 Å². The molecular weight excluding hydrogens is 358 g/mol. The average Bonchev–Trinajstić information content (AvgIpc) is 2.60. The average molecular weight is 378 g/mol. The zero-order valence-corrected chi connectivity index (χ0v) is 15.5. The third-order valence-corrected chi connectivity index (χ3v) is 3.53. The van der Waals surface area contributed by atoms with E-state index in [0.29, 0.717) is 27.8 Å². The van der Waals surface area contributed by atoms with Gasteiger partial charge in [-0.15, -0.1) is 0 Å². The lowest BCUT2D eigenvalue weighted by Gasteiger charge is -2.10. The zero-order chi connectivity index (χ0) is 19.1. The second-order valence-corrected chi connectivity index (χ2v) is 6.07. The summed E-state index contributed by atoms with van der Waals surface area (Å²) < 4.78 is 15.6. The predicted octanol–water partition coefficient (Wildman–Crippen LogP) is 3.93. The van der Waals surface area contributed by atoms with Crippen LogP contribution in [0.4, 0.5) is 5.69 Å². The van der Waals surface area contributed by atoms with Gasteiger partial charge in [0.1, 0.15) is 11.5 Å². The lowest BCUT2D eigenvalue weighted by atomic mass is 10.2. The van der Waals surface area contributed by atoms with Crippen molar-refractivity contribution >= 4 is 29.2 Å². The van der Waals surface area contributed by atoms with Crippen LogP contribution in [0.5, 0.6) is 11.5 Å². The highest BCUT2D eigenvalue weighted by molar-refractivity contribution is 6.32. The van der Waals surface area contributed by atoms with Crippen LogP contribution >= 0.6 is 11.6 Å². The summed E-state index contributed by atoms with van der Waals surface area (Å²) in [5, 5.41) is 2.96. The summed E-state index contributed by atoms with van der Waals surface area (Å²) in [5.74, 6) is 0.0926. The van der Waals surface area contributed by atoms with Gasteiger partial charge in [0.15, 0.2) is 6.61 Å². The molecule has 7 heteroatoms. The molecule has 0 bridgehead atoms. The van der Waals surface area contributed by atoms with Crippen LogP contribution < -0.4 is 14.8 Å². The van der Waals surface area contributed by atoms with Gasteiger partial charge in [0.2, 0.25) is 0 Å². The first-order valence-corrected chi connectivity index (χ1v) is 8.34. The van der Waals surface area contributed by atoms with E-state index in [0.717, 1.165) is 0 Å². The minimum atomic E-state index is -0.594. The maximum absolute atomic E-state index is 12.0. The Hall–Kier alpha value is -2.73. The molecule has 0 heterocycles. The van der Waals surface area contributed by atoms with Crippen molar-refractivity contribution in [2.75, 3.05) is 19.0 Å². The highest BCUT2D eigenvalue weighted by Crippen LogP contribution is 2.27. The van der Waals surface area contributed by atoms with E-state index in [2.05, 4.69) is 5.32 Å². The van der Waals surface area contributed by atoms with E-state index in [1.54, 1.807) is 42.5 Å². The maximum atomic E-state index is 12.0. The van der Waals surface area contributed by atoms with Gasteiger partial charge in [-0.2, -0.15) is 0 Å². The second-order valence-electron chi connectivity index (χ2n) is 5.66. The molecule has 0 aliphatic heterocycles. The fourth-order valence-corrected chi connectivity index (χ4v) is 2.36. The van der Waals surface area contributed by atoms with E-state index in [4.69, 9.17) is 25.8 Å². The van der Waals surface area contributed by atoms with Crippen molar-refractivity contribution < 1.29 is 23.8 Å². The molecule has 0 radical (unpaired) electrons. The van der Waals surface area contributed by atoms with Crippen LogP contribution in [-0.4, -0.2) is 31.7 Å². The smallest absolute Gasteiger partial charge is 0.338 e. The molecule has 0 aliphatic rings. The van der Waals surface area contributed by atoms with Gasteiger partial charge in [-0.3, -0.25) is 4.79 Å². The minimum Gasteiger partial charge on any atom is -0.495 e. The summed E-state index contributed by atoms with van der Waals surface area (Å²) in [6.07, 6.45) is 0.0444. The highest BCUT2D eigenvalue weighted by Gasteiger charge is 2.11. The highest BCUT2D eigenvalue weighted by atomic mass is 35.5. The normalized spacial score (nSPS) is 10.3. The van der Waals surface area contributed by atoms with Crippen LogP contribution in [0.3, 0.4) is 0 Å². The summed E-state index contributed by atoms with van der Waals surface area (Å²) >= 11 is 5.99. The molecule has 138 valence electrons. The lowest BCUT2D eigenvalue weighted by molar-refractivity contribution is -0.119. The number of halogens is 1. The number of anilines is 1. The molecule has 6 nitrogen and oxygen atoms in total. The standard InChI is InChI=1S/C19H20ClNO5/c1-12(2)26-15-7-4-13(5-8-15)19(23)25-11-18(22)21-14-6-9-17(24-3)16(20)10-14/h4-10,12H,11H2,1-3H3,(H,21,22). The second kappa shape index (κ2) is 9.10. The molecule has 2 rings (SSSR count). The fraction of sp³-hybridized carbons (Fsp3) is 0.263. The van der Waals surface area contributed by atoms with Crippen LogP contribution in [0.2, 0.25) is 5.02 Å². The number of esters is 1. The molecule has 1 N–H and O–H groups in total. The van der Waals surface area contributed by atoms with E-state index >= 15 is 0 Å². The first-order chi connectivity index (χ1) is 12.4. The molecule has 1 amide bonds. The summed E-state index contributed by atoms with van der Waals surface area (Å²) in [7, 11) is 1.50. The molecule has 2 aromatic rings. The van der Waals surface area contributed by atoms with Crippen molar-refractivity contribution in [3.8, 4) is 11.5 Å². The van der Waals surface area contributed by atoms with Gasteiger partial charge >= 0.3 is 5.97 Å². The van der Waals surface area contributed by atoms with Crippen molar-refractivity contribution in [2.24, 2.45) is 0 Å². The van der Waals surface area contributed by atoms with Crippen molar-refractivity contribution in [2.45, 2.75) is 20.0 Å². The molecular formula is C19H20ClNO5. The first-order valence-electron chi connectivity index (χ1n) is 7.96. The minimum absolute atomic E-state index is 0.0444. The number of carbonyl (C=O) groups excluding carboxylic acids is 2. The molecule has 0 saturated carbocycles. The number of hydrogen-bond donors (Lipinski definition) is 1. The zero-order valence-electron chi connectivity index (χ0n) is 14.7. The SMILES string of the molecule is COc1ccc(NC(=O)COC(=O)c2ccc(OC(C)C)cc2)cc1Cl. The number of hydrogen-bond acceptors (Lipinski definition) is 5. The van der Waals surface area contributed by atoms with Crippen molar-refractivity contribution in [3.05, 3.63) is 53.1 Å². The number of ether oxygens (including phenoxy) is 3. The summed E-state index contributed by atoms with van der Waals surface area (Å²) in [6.45, 7) is 3.42.